The number of nitrogens with one attached hydrogen (secondary N) is 2. The largest absolute Gasteiger partial charge is 0.481 e. The molecule has 2 aromatic rings. The second-order valence-corrected chi connectivity index (χ2v) is 8.09. The summed E-state index contributed by atoms with van der Waals surface area (Å²) < 4.78 is 10.6. The Morgan fingerprint density at radius 2 is 2.10 bits per heavy atom. The van der Waals surface area contributed by atoms with Crippen molar-refractivity contribution >= 4 is 29.2 Å². The van der Waals surface area contributed by atoms with Crippen LogP contribution in [0.5, 0.6) is 11.5 Å². The van der Waals surface area contributed by atoms with E-state index in [9.17, 15) is 19.5 Å². The molecule has 1 saturated heterocycles. The van der Waals surface area contributed by atoms with Crippen molar-refractivity contribution < 1.29 is 29.0 Å². The van der Waals surface area contributed by atoms with Gasteiger partial charge in [-0.15, -0.1) is 11.3 Å². The number of thiophene rings is 1. The van der Waals surface area contributed by atoms with Crippen LogP contribution in [0.15, 0.2) is 35.7 Å². The van der Waals surface area contributed by atoms with Crippen molar-refractivity contribution in [2.75, 3.05) is 13.3 Å². The third-order valence-corrected chi connectivity index (χ3v) is 5.87. The van der Waals surface area contributed by atoms with Crippen LogP contribution in [0, 0.1) is 0 Å². The van der Waals surface area contributed by atoms with Crippen LogP contribution in [-0.2, 0) is 16.1 Å². The number of hydrogen-bond donors (Lipinski definition) is 3. The number of hydrogen-bond acceptors (Lipinski definition) is 6. The number of amides is 3. The van der Waals surface area contributed by atoms with Crippen LogP contribution in [-0.4, -0.2) is 47.3 Å². The number of fused-ring (bicyclic) bond motifs is 1. The van der Waals surface area contributed by atoms with Crippen LogP contribution in [0.4, 0.5) is 4.79 Å². The summed E-state index contributed by atoms with van der Waals surface area (Å²) in [4.78, 5) is 39.2. The molecule has 30 heavy (non-hydrogen) atoms. The fourth-order valence-corrected chi connectivity index (χ4v) is 4.25. The molecule has 3 heterocycles. The average Bonchev–Trinajstić information content (AvgIpc) is 3.45. The zero-order chi connectivity index (χ0) is 21.1. The number of carboxylic acid groups (broad SMARTS) is 1. The number of carboxylic acids is 1. The molecule has 2 aliphatic rings. The maximum absolute atomic E-state index is 12.6. The van der Waals surface area contributed by atoms with E-state index in [1.807, 2.05) is 17.5 Å². The van der Waals surface area contributed by atoms with Gasteiger partial charge < -0.3 is 30.1 Å². The molecule has 1 unspecified atom stereocenters. The molecule has 3 amide bonds. The summed E-state index contributed by atoms with van der Waals surface area (Å²) in [5, 5.41) is 16.5. The van der Waals surface area contributed by atoms with Gasteiger partial charge in [0.1, 0.15) is 6.04 Å². The van der Waals surface area contributed by atoms with E-state index in [0.29, 0.717) is 36.6 Å². The SMILES string of the molecule is O=C(O)C[C@H](NC(=O)NC1CCN(Cc2cccs2)C1=O)c1ccc2c(c1)OCO2. The fraction of sp³-hybridized carbons (Fsp3) is 0.350. The highest BCUT2D eigenvalue weighted by Crippen LogP contribution is 2.34. The van der Waals surface area contributed by atoms with Crippen molar-refractivity contribution in [3.05, 3.63) is 46.2 Å². The number of likely N-dealkylation sites (tertiary alicyclic amines) is 1. The fourth-order valence-electron chi connectivity index (χ4n) is 3.54. The van der Waals surface area contributed by atoms with E-state index < -0.39 is 24.1 Å². The number of rotatable bonds is 7. The summed E-state index contributed by atoms with van der Waals surface area (Å²) in [5.74, 6) is -0.131. The smallest absolute Gasteiger partial charge is 0.315 e. The van der Waals surface area contributed by atoms with Crippen molar-refractivity contribution in [1.82, 2.24) is 15.5 Å². The Morgan fingerprint density at radius 3 is 2.87 bits per heavy atom. The number of carbonyl (C=O) groups is 3. The molecule has 10 heteroatoms. The van der Waals surface area contributed by atoms with Gasteiger partial charge >= 0.3 is 12.0 Å². The van der Waals surface area contributed by atoms with Crippen LogP contribution in [0.1, 0.15) is 29.3 Å². The average molecular weight is 431 g/mol. The molecule has 0 bridgehead atoms. The lowest BCUT2D eigenvalue weighted by Crippen LogP contribution is -2.47. The van der Waals surface area contributed by atoms with E-state index in [0.717, 1.165) is 4.88 Å². The van der Waals surface area contributed by atoms with Crippen LogP contribution in [0.2, 0.25) is 0 Å². The van der Waals surface area contributed by atoms with Crippen molar-refractivity contribution in [3.8, 4) is 11.5 Å². The number of nitrogens with zero attached hydrogens (tertiary/aromatic N) is 1. The summed E-state index contributed by atoms with van der Waals surface area (Å²) >= 11 is 1.58. The van der Waals surface area contributed by atoms with Crippen molar-refractivity contribution in [3.63, 3.8) is 0 Å². The Balaban J connectivity index is 1.38. The van der Waals surface area contributed by atoms with Crippen molar-refractivity contribution in [1.29, 1.82) is 0 Å². The van der Waals surface area contributed by atoms with E-state index in [4.69, 9.17) is 9.47 Å². The molecule has 0 aliphatic carbocycles. The van der Waals surface area contributed by atoms with E-state index in [2.05, 4.69) is 10.6 Å². The normalized spacial score (nSPS) is 18.3. The number of carbonyl (C=O) groups excluding carboxylic acids is 2. The summed E-state index contributed by atoms with van der Waals surface area (Å²) in [6.07, 6.45) is 0.196. The highest BCUT2D eigenvalue weighted by Gasteiger charge is 2.33. The quantitative estimate of drug-likeness (QED) is 0.618. The second-order valence-electron chi connectivity index (χ2n) is 7.06. The van der Waals surface area contributed by atoms with Gasteiger partial charge in [0.2, 0.25) is 12.7 Å². The third kappa shape index (κ3) is 4.48. The van der Waals surface area contributed by atoms with Crippen LogP contribution in [0.3, 0.4) is 0 Å². The molecule has 2 aliphatic heterocycles. The van der Waals surface area contributed by atoms with E-state index in [1.54, 1.807) is 34.4 Å². The van der Waals surface area contributed by atoms with E-state index >= 15 is 0 Å². The van der Waals surface area contributed by atoms with Crippen LogP contribution in [0.25, 0.3) is 0 Å². The van der Waals surface area contributed by atoms with Crippen LogP contribution < -0.4 is 20.1 Å². The zero-order valence-corrected chi connectivity index (χ0v) is 16.8. The topological polar surface area (TPSA) is 117 Å². The van der Waals surface area contributed by atoms with Gasteiger partial charge in [-0.1, -0.05) is 12.1 Å². The Morgan fingerprint density at radius 1 is 1.27 bits per heavy atom. The minimum atomic E-state index is -1.06. The highest BCUT2D eigenvalue weighted by atomic mass is 32.1. The van der Waals surface area contributed by atoms with Gasteiger partial charge in [0.15, 0.2) is 11.5 Å². The highest BCUT2D eigenvalue weighted by molar-refractivity contribution is 7.09. The molecule has 1 aromatic carbocycles. The first-order valence-electron chi connectivity index (χ1n) is 9.49. The van der Waals surface area contributed by atoms with Gasteiger partial charge in [-0.2, -0.15) is 0 Å². The maximum Gasteiger partial charge on any atom is 0.315 e. The van der Waals surface area contributed by atoms with E-state index in [-0.39, 0.29) is 19.1 Å². The second kappa shape index (κ2) is 8.62. The minimum absolute atomic E-state index is 0.0993. The van der Waals surface area contributed by atoms with Gasteiger partial charge in [-0.25, -0.2) is 4.79 Å². The monoisotopic (exact) mass is 431 g/mol. The van der Waals surface area contributed by atoms with E-state index in [1.165, 1.54) is 0 Å². The predicted molar refractivity (Wildman–Crippen MR) is 107 cm³/mol. The Labute approximate surface area is 176 Å². The Kier molecular flexibility index (Phi) is 5.75. The first kappa shape index (κ1) is 20.0. The lowest BCUT2D eigenvalue weighted by molar-refractivity contribution is -0.137. The van der Waals surface area contributed by atoms with Gasteiger partial charge in [-0.05, 0) is 35.6 Å². The number of urea groups is 1. The number of benzene rings is 1. The summed E-state index contributed by atoms with van der Waals surface area (Å²) in [5.41, 5.74) is 0.578. The Hall–Kier alpha value is -3.27. The molecule has 1 fully saturated rings. The molecule has 2 atom stereocenters. The summed E-state index contributed by atoms with van der Waals surface area (Å²) in [7, 11) is 0. The first-order chi connectivity index (χ1) is 14.5. The minimum Gasteiger partial charge on any atom is -0.481 e. The molecule has 0 radical (unpaired) electrons. The predicted octanol–water partition coefficient (Wildman–Crippen LogP) is 2.09. The molecule has 4 rings (SSSR count). The van der Waals surface area contributed by atoms with Gasteiger partial charge in [-0.3, -0.25) is 9.59 Å². The molecule has 0 spiro atoms. The molecule has 9 nitrogen and oxygen atoms in total. The number of ether oxygens (including phenoxy) is 2. The van der Waals surface area contributed by atoms with Gasteiger partial charge in [0.05, 0.1) is 19.0 Å². The molecular weight excluding hydrogens is 410 g/mol. The maximum atomic E-state index is 12.6. The summed E-state index contributed by atoms with van der Waals surface area (Å²) in [6.45, 7) is 1.18. The van der Waals surface area contributed by atoms with Crippen molar-refractivity contribution in [2.45, 2.75) is 31.5 Å². The number of aliphatic carboxylic acids is 1. The molecule has 158 valence electrons. The molecule has 0 saturated carbocycles. The summed E-state index contributed by atoms with van der Waals surface area (Å²) in [6, 6.07) is 6.91. The van der Waals surface area contributed by atoms with Crippen LogP contribution >= 0.6 is 11.3 Å². The van der Waals surface area contributed by atoms with Crippen molar-refractivity contribution in [2.24, 2.45) is 0 Å². The zero-order valence-electron chi connectivity index (χ0n) is 16.0. The van der Waals surface area contributed by atoms with Gasteiger partial charge in [0.25, 0.3) is 0 Å². The standard InChI is InChI=1S/C20H21N3O6S/c24-18(25)9-15(12-3-4-16-17(8-12)29-11-28-16)22-20(27)21-14-5-6-23(19(14)26)10-13-2-1-7-30-13/h1-4,7-8,14-15H,5-6,9-11H2,(H,24,25)(H2,21,22,27)/t14?,15-/m0/s1. The van der Waals surface area contributed by atoms with Gasteiger partial charge in [0, 0.05) is 11.4 Å². The molecular formula is C20H21N3O6S. The third-order valence-electron chi connectivity index (χ3n) is 5.01. The molecule has 1 aromatic heterocycles. The Bertz CT molecular complexity index is 948. The lowest BCUT2D eigenvalue weighted by atomic mass is 10.0. The first-order valence-corrected chi connectivity index (χ1v) is 10.4. The lowest BCUT2D eigenvalue weighted by Gasteiger charge is -2.20. The molecule has 3 N–H and O–H groups in total.